The summed E-state index contributed by atoms with van der Waals surface area (Å²) in [5.41, 5.74) is 2.32. The van der Waals surface area contributed by atoms with Crippen molar-refractivity contribution in [2.45, 2.75) is 59.7 Å². The van der Waals surface area contributed by atoms with Gasteiger partial charge < -0.3 is 5.32 Å². The SMILES string of the molecule is Cc1cccc(CN2CC(C(C)C)NCC2CC(C)C)n1. The second kappa shape index (κ2) is 7.37. The number of nitrogens with zero attached hydrogens (tertiary/aromatic N) is 2. The molecule has 3 heteroatoms. The maximum absolute atomic E-state index is 4.69. The Balaban J connectivity index is 2.08. The monoisotopic (exact) mass is 289 g/mol. The van der Waals surface area contributed by atoms with Crippen LogP contribution in [0.4, 0.5) is 0 Å². The molecule has 1 aromatic heterocycles. The molecule has 2 atom stereocenters. The minimum atomic E-state index is 0.596. The summed E-state index contributed by atoms with van der Waals surface area (Å²) in [4.78, 5) is 7.33. The third kappa shape index (κ3) is 4.79. The predicted octanol–water partition coefficient (Wildman–Crippen LogP) is 3.23. The zero-order chi connectivity index (χ0) is 15.4. The van der Waals surface area contributed by atoms with Crippen molar-refractivity contribution < 1.29 is 0 Å². The molecule has 1 saturated heterocycles. The van der Waals surface area contributed by atoms with E-state index in [-0.39, 0.29) is 0 Å². The largest absolute Gasteiger partial charge is 0.311 e. The van der Waals surface area contributed by atoms with Crippen LogP contribution in [-0.2, 0) is 6.54 Å². The molecule has 0 aliphatic carbocycles. The van der Waals surface area contributed by atoms with Gasteiger partial charge in [0.15, 0.2) is 0 Å². The first kappa shape index (κ1) is 16.4. The van der Waals surface area contributed by atoms with E-state index in [4.69, 9.17) is 0 Å². The van der Waals surface area contributed by atoms with E-state index in [9.17, 15) is 0 Å². The maximum Gasteiger partial charge on any atom is 0.0547 e. The molecular weight excluding hydrogens is 258 g/mol. The number of pyridine rings is 1. The highest BCUT2D eigenvalue weighted by Crippen LogP contribution is 2.20. The van der Waals surface area contributed by atoms with Crippen LogP contribution in [0.1, 0.15) is 45.5 Å². The first-order valence-electron chi connectivity index (χ1n) is 8.35. The Bertz CT molecular complexity index is 442. The van der Waals surface area contributed by atoms with Crippen molar-refractivity contribution in [3.05, 3.63) is 29.6 Å². The molecule has 21 heavy (non-hydrogen) atoms. The molecule has 0 aromatic carbocycles. The molecular formula is C18H31N3. The van der Waals surface area contributed by atoms with Crippen LogP contribution < -0.4 is 5.32 Å². The molecule has 2 unspecified atom stereocenters. The van der Waals surface area contributed by atoms with Crippen LogP contribution in [0, 0.1) is 18.8 Å². The number of hydrogen-bond acceptors (Lipinski definition) is 3. The summed E-state index contributed by atoms with van der Waals surface area (Å²) in [6, 6.07) is 7.58. The van der Waals surface area contributed by atoms with Gasteiger partial charge in [-0.1, -0.05) is 33.8 Å². The van der Waals surface area contributed by atoms with E-state index < -0.39 is 0 Å². The van der Waals surface area contributed by atoms with Gasteiger partial charge in [0, 0.05) is 37.4 Å². The minimum Gasteiger partial charge on any atom is -0.311 e. The van der Waals surface area contributed by atoms with Gasteiger partial charge in [-0.15, -0.1) is 0 Å². The highest BCUT2D eigenvalue weighted by molar-refractivity contribution is 5.10. The van der Waals surface area contributed by atoms with Crippen molar-refractivity contribution in [2.24, 2.45) is 11.8 Å². The molecule has 0 radical (unpaired) electrons. The summed E-state index contributed by atoms with van der Waals surface area (Å²) in [5.74, 6) is 1.42. The number of aryl methyl sites for hydroxylation is 1. The summed E-state index contributed by atoms with van der Waals surface area (Å²) in [7, 11) is 0. The zero-order valence-electron chi connectivity index (χ0n) is 14.3. The third-order valence-electron chi connectivity index (χ3n) is 4.42. The van der Waals surface area contributed by atoms with Crippen LogP contribution >= 0.6 is 0 Å². The molecule has 0 bridgehead atoms. The van der Waals surface area contributed by atoms with Gasteiger partial charge in [0.2, 0.25) is 0 Å². The van der Waals surface area contributed by atoms with Gasteiger partial charge in [-0.25, -0.2) is 0 Å². The molecule has 2 rings (SSSR count). The highest BCUT2D eigenvalue weighted by Gasteiger charge is 2.29. The van der Waals surface area contributed by atoms with E-state index in [0.29, 0.717) is 18.0 Å². The lowest BCUT2D eigenvalue weighted by molar-refractivity contribution is 0.0912. The summed E-state index contributed by atoms with van der Waals surface area (Å²) < 4.78 is 0. The van der Waals surface area contributed by atoms with Crippen molar-refractivity contribution in [1.29, 1.82) is 0 Å². The molecule has 1 N–H and O–H groups in total. The Morgan fingerprint density at radius 2 is 2.05 bits per heavy atom. The number of nitrogens with one attached hydrogen (secondary N) is 1. The molecule has 1 aliphatic rings. The van der Waals surface area contributed by atoms with Crippen molar-refractivity contribution >= 4 is 0 Å². The fourth-order valence-corrected chi connectivity index (χ4v) is 3.20. The summed E-state index contributed by atoms with van der Waals surface area (Å²) in [5, 5.41) is 3.74. The standard InChI is InChI=1S/C18H31N3/c1-13(2)9-17-10-19-18(14(3)4)12-21(17)11-16-8-6-7-15(5)20-16/h6-8,13-14,17-19H,9-12H2,1-5H3. The van der Waals surface area contributed by atoms with E-state index >= 15 is 0 Å². The third-order valence-corrected chi connectivity index (χ3v) is 4.42. The normalized spacial score (nSPS) is 24.0. The fourth-order valence-electron chi connectivity index (χ4n) is 3.20. The molecule has 1 fully saturated rings. The number of piperazine rings is 1. The Morgan fingerprint density at radius 3 is 2.67 bits per heavy atom. The summed E-state index contributed by atoms with van der Waals surface area (Å²) >= 11 is 0. The number of rotatable bonds is 5. The number of hydrogen-bond donors (Lipinski definition) is 1. The Kier molecular flexibility index (Phi) is 5.77. The first-order chi connectivity index (χ1) is 9.95. The highest BCUT2D eigenvalue weighted by atomic mass is 15.2. The van der Waals surface area contributed by atoms with Gasteiger partial charge >= 0.3 is 0 Å². The Morgan fingerprint density at radius 1 is 1.29 bits per heavy atom. The average molecular weight is 289 g/mol. The van der Waals surface area contributed by atoms with Gasteiger partial charge in [-0.3, -0.25) is 9.88 Å². The lowest BCUT2D eigenvalue weighted by Gasteiger charge is -2.42. The van der Waals surface area contributed by atoms with Crippen LogP contribution in [0.15, 0.2) is 18.2 Å². The Hall–Kier alpha value is -0.930. The van der Waals surface area contributed by atoms with Crippen molar-refractivity contribution in [3.8, 4) is 0 Å². The van der Waals surface area contributed by atoms with Crippen LogP contribution in [0.5, 0.6) is 0 Å². The molecule has 1 aliphatic heterocycles. The maximum atomic E-state index is 4.69. The van der Waals surface area contributed by atoms with E-state index in [2.05, 4.69) is 68.0 Å². The van der Waals surface area contributed by atoms with Crippen LogP contribution in [0.2, 0.25) is 0 Å². The van der Waals surface area contributed by atoms with Crippen molar-refractivity contribution in [3.63, 3.8) is 0 Å². The topological polar surface area (TPSA) is 28.2 Å². The molecule has 1 aromatic rings. The zero-order valence-corrected chi connectivity index (χ0v) is 14.3. The van der Waals surface area contributed by atoms with E-state index in [0.717, 1.165) is 31.2 Å². The fraction of sp³-hybridized carbons (Fsp3) is 0.722. The van der Waals surface area contributed by atoms with Crippen LogP contribution in [-0.4, -0.2) is 35.1 Å². The number of aromatic nitrogens is 1. The molecule has 0 spiro atoms. The van der Waals surface area contributed by atoms with Gasteiger partial charge in [0.25, 0.3) is 0 Å². The second-order valence-corrected chi connectivity index (χ2v) is 7.24. The van der Waals surface area contributed by atoms with Gasteiger partial charge in [-0.2, -0.15) is 0 Å². The van der Waals surface area contributed by atoms with E-state index in [1.54, 1.807) is 0 Å². The lowest BCUT2D eigenvalue weighted by atomic mass is 9.95. The quantitative estimate of drug-likeness (QED) is 0.902. The van der Waals surface area contributed by atoms with Gasteiger partial charge in [0.05, 0.1) is 5.69 Å². The second-order valence-electron chi connectivity index (χ2n) is 7.24. The van der Waals surface area contributed by atoms with Gasteiger partial charge in [-0.05, 0) is 37.3 Å². The first-order valence-corrected chi connectivity index (χ1v) is 8.35. The molecule has 2 heterocycles. The molecule has 0 amide bonds. The van der Waals surface area contributed by atoms with Crippen LogP contribution in [0.25, 0.3) is 0 Å². The van der Waals surface area contributed by atoms with E-state index in [1.807, 2.05) is 0 Å². The minimum absolute atomic E-state index is 0.596. The molecule has 118 valence electrons. The van der Waals surface area contributed by atoms with Crippen LogP contribution in [0.3, 0.4) is 0 Å². The lowest BCUT2D eigenvalue weighted by Crippen LogP contribution is -2.58. The average Bonchev–Trinajstić information content (AvgIpc) is 2.40. The molecule has 3 nitrogen and oxygen atoms in total. The van der Waals surface area contributed by atoms with Crippen molar-refractivity contribution in [1.82, 2.24) is 15.2 Å². The van der Waals surface area contributed by atoms with Crippen molar-refractivity contribution in [2.75, 3.05) is 13.1 Å². The van der Waals surface area contributed by atoms with Gasteiger partial charge in [0.1, 0.15) is 0 Å². The van der Waals surface area contributed by atoms with E-state index in [1.165, 1.54) is 12.1 Å². The summed E-state index contributed by atoms with van der Waals surface area (Å²) in [6.07, 6.45) is 1.25. The molecule has 0 saturated carbocycles. The Labute approximate surface area is 130 Å². The predicted molar refractivity (Wildman–Crippen MR) is 89.3 cm³/mol. The smallest absolute Gasteiger partial charge is 0.0547 e. The summed E-state index contributed by atoms with van der Waals surface area (Å²) in [6.45, 7) is 14.5.